The molecule has 0 aromatic heterocycles. The van der Waals surface area contributed by atoms with Crippen LogP contribution in [0.25, 0.3) is 0 Å². The van der Waals surface area contributed by atoms with Gasteiger partial charge in [-0.2, -0.15) is 0 Å². The van der Waals surface area contributed by atoms with E-state index in [1.807, 2.05) is 0 Å². The van der Waals surface area contributed by atoms with E-state index in [4.69, 9.17) is 9.47 Å². The number of ether oxygens (including phenoxy) is 2. The van der Waals surface area contributed by atoms with Crippen molar-refractivity contribution in [2.45, 2.75) is 13.3 Å². The summed E-state index contributed by atoms with van der Waals surface area (Å²) in [6, 6.07) is 2.81. The highest BCUT2D eigenvalue weighted by Crippen LogP contribution is 2.34. The zero-order chi connectivity index (χ0) is 18.3. The number of nitrogens with zero attached hydrogens (tertiary/aromatic N) is 2. The molecule has 24 heavy (non-hydrogen) atoms. The Labute approximate surface area is 139 Å². The molecule has 0 aliphatic carbocycles. The Morgan fingerprint density at radius 3 is 2.33 bits per heavy atom. The molecule has 0 spiro atoms. The van der Waals surface area contributed by atoms with Crippen molar-refractivity contribution in [1.82, 2.24) is 10.2 Å². The van der Waals surface area contributed by atoms with Crippen LogP contribution in [0.15, 0.2) is 12.1 Å². The predicted molar refractivity (Wildman–Crippen MR) is 86.2 cm³/mol. The largest absolute Gasteiger partial charge is 0.493 e. The van der Waals surface area contributed by atoms with E-state index in [0.29, 0.717) is 11.3 Å². The lowest BCUT2D eigenvalue weighted by atomic mass is 10.1. The van der Waals surface area contributed by atoms with Crippen molar-refractivity contribution in [3.8, 4) is 11.5 Å². The first-order chi connectivity index (χ1) is 11.3. The molecule has 9 nitrogen and oxygen atoms in total. The number of rotatable bonds is 8. The summed E-state index contributed by atoms with van der Waals surface area (Å²) in [4.78, 5) is 34.7. The molecule has 0 unspecified atom stereocenters. The number of methoxy groups -OCH3 is 2. The van der Waals surface area contributed by atoms with Crippen molar-refractivity contribution in [2.75, 3.05) is 34.4 Å². The summed E-state index contributed by atoms with van der Waals surface area (Å²) < 4.78 is 10.2. The third-order valence-electron chi connectivity index (χ3n) is 3.42. The van der Waals surface area contributed by atoms with Gasteiger partial charge in [-0.1, -0.05) is 0 Å². The summed E-state index contributed by atoms with van der Waals surface area (Å²) in [5, 5.41) is 13.8. The molecule has 0 aliphatic rings. The van der Waals surface area contributed by atoms with Crippen molar-refractivity contribution in [3.63, 3.8) is 0 Å². The molecular formula is C15H21N3O6. The average molecular weight is 339 g/mol. The predicted octanol–water partition coefficient (Wildman–Crippen LogP) is 0.749. The summed E-state index contributed by atoms with van der Waals surface area (Å²) in [6.45, 7) is 1.49. The second-order valence-electron chi connectivity index (χ2n) is 5.07. The second-order valence-corrected chi connectivity index (χ2v) is 5.07. The Kier molecular flexibility index (Phi) is 6.97. The van der Waals surface area contributed by atoms with Crippen LogP contribution in [-0.4, -0.2) is 56.0 Å². The van der Waals surface area contributed by atoms with Gasteiger partial charge < -0.3 is 19.7 Å². The fourth-order valence-corrected chi connectivity index (χ4v) is 2.00. The SMILES string of the molecule is COc1cc(CCNC(=O)CN(C)C(C)=O)c([N+](=O)[O-])cc1OC. The number of benzene rings is 1. The van der Waals surface area contributed by atoms with Crippen molar-refractivity contribution in [3.05, 3.63) is 27.8 Å². The van der Waals surface area contributed by atoms with E-state index in [-0.39, 0.29) is 42.8 Å². The van der Waals surface area contributed by atoms with Gasteiger partial charge in [-0.05, 0) is 12.5 Å². The van der Waals surface area contributed by atoms with Crippen LogP contribution in [0, 0.1) is 10.1 Å². The van der Waals surface area contributed by atoms with E-state index in [9.17, 15) is 19.7 Å². The van der Waals surface area contributed by atoms with Crippen molar-refractivity contribution in [1.29, 1.82) is 0 Å². The smallest absolute Gasteiger partial charge is 0.276 e. The second kappa shape index (κ2) is 8.70. The normalized spacial score (nSPS) is 10.0. The number of carbonyl (C=O) groups is 2. The molecule has 0 heterocycles. The van der Waals surface area contributed by atoms with Crippen LogP contribution in [-0.2, 0) is 16.0 Å². The van der Waals surface area contributed by atoms with Gasteiger partial charge in [-0.25, -0.2) is 0 Å². The van der Waals surface area contributed by atoms with Gasteiger partial charge in [0.05, 0.1) is 31.8 Å². The molecule has 0 fully saturated rings. The minimum absolute atomic E-state index is 0.0661. The van der Waals surface area contributed by atoms with Gasteiger partial charge in [-0.3, -0.25) is 19.7 Å². The van der Waals surface area contributed by atoms with Crippen LogP contribution in [0.5, 0.6) is 11.5 Å². The summed E-state index contributed by atoms with van der Waals surface area (Å²) in [5.74, 6) is 0.0808. The lowest BCUT2D eigenvalue weighted by molar-refractivity contribution is -0.385. The van der Waals surface area contributed by atoms with Crippen LogP contribution in [0.1, 0.15) is 12.5 Å². The number of nitro benzene ring substituents is 1. The first-order valence-electron chi connectivity index (χ1n) is 7.17. The number of amides is 2. The zero-order valence-electron chi connectivity index (χ0n) is 14.1. The highest BCUT2D eigenvalue weighted by molar-refractivity contribution is 5.83. The summed E-state index contributed by atoms with van der Waals surface area (Å²) in [7, 11) is 4.35. The Morgan fingerprint density at radius 1 is 1.25 bits per heavy atom. The van der Waals surface area contributed by atoms with Crippen molar-refractivity contribution in [2.24, 2.45) is 0 Å². The molecule has 0 saturated carbocycles. The van der Waals surface area contributed by atoms with E-state index in [1.54, 1.807) is 0 Å². The Balaban J connectivity index is 2.78. The zero-order valence-corrected chi connectivity index (χ0v) is 14.1. The van der Waals surface area contributed by atoms with E-state index in [1.165, 1.54) is 45.2 Å². The molecule has 0 saturated heterocycles. The molecule has 0 bridgehead atoms. The summed E-state index contributed by atoms with van der Waals surface area (Å²) >= 11 is 0. The van der Waals surface area contributed by atoms with Crippen LogP contribution in [0.4, 0.5) is 5.69 Å². The molecule has 0 atom stereocenters. The monoisotopic (exact) mass is 339 g/mol. The Bertz CT molecular complexity index is 632. The van der Waals surface area contributed by atoms with Crippen molar-refractivity contribution >= 4 is 17.5 Å². The molecule has 0 radical (unpaired) electrons. The quantitative estimate of drug-likeness (QED) is 0.552. The van der Waals surface area contributed by atoms with Gasteiger partial charge in [0.15, 0.2) is 11.5 Å². The highest BCUT2D eigenvalue weighted by Gasteiger charge is 2.19. The van der Waals surface area contributed by atoms with Gasteiger partial charge in [-0.15, -0.1) is 0 Å². The molecule has 1 aromatic rings. The lowest BCUT2D eigenvalue weighted by Gasteiger charge is -2.14. The fourth-order valence-electron chi connectivity index (χ4n) is 2.00. The van der Waals surface area contributed by atoms with Crippen LogP contribution in [0.3, 0.4) is 0 Å². The van der Waals surface area contributed by atoms with Crippen LogP contribution in [0.2, 0.25) is 0 Å². The van der Waals surface area contributed by atoms with Crippen LogP contribution < -0.4 is 14.8 Å². The number of nitrogens with one attached hydrogen (secondary N) is 1. The first kappa shape index (κ1) is 19.2. The molecule has 1 aromatic carbocycles. The van der Waals surface area contributed by atoms with Gasteiger partial charge in [0.1, 0.15) is 0 Å². The van der Waals surface area contributed by atoms with Gasteiger partial charge in [0, 0.05) is 26.1 Å². The standard InChI is InChI=1S/C15H21N3O6/c1-10(19)17(2)9-15(20)16-6-5-11-7-13(23-3)14(24-4)8-12(11)18(21)22/h7-8H,5-6,9H2,1-4H3,(H,16,20). The van der Waals surface area contributed by atoms with Gasteiger partial charge in [0.2, 0.25) is 11.8 Å². The number of nitro groups is 1. The molecular weight excluding hydrogens is 318 g/mol. The Morgan fingerprint density at radius 2 is 1.83 bits per heavy atom. The molecule has 2 amide bonds. The fraction of sp³-hybridized carbons (Fsp3) is 0.467. The maximum absolute atomic E-state index is 11.7. The first-order valence-corrected chi connectivity index (χ1v) is 7.17. The molecule has 9 heteroatoms. The summed E-state index contributed by atoms with van der Waals surface area (Å²) in [6.07, 6.45) is 0.242. The third kappa shape index (κ3) is 5.11. The maximum atomic E-state index is 11.7. The Hall–Kier alpha value is -2.84. The summed E-state index contributed by atoms with van der Waals surface area (Å²) in [5.41, 5.74) is 0.306. The highest BCUT2D eigenvalue weighted by atomic mass is 16.6. The van der Waals surface area contributed by atoms with Crippen molar-refractivity contribution < 1.29 is 24.0 Å². The maximum Gasteiger partial charge on any atom is 0.276 e. The lowest BCUT2D eigenvalue weighted by Crippen LogP contribution is -2.38. The topological polar surface area (TPSA) is 111 Å². The van der Waals surface area contributed by atoms with E-state index >= 15 is 0 Å². The average Bonchev–Trinajstić information content (AvgIpc) is 2.53. The van der Waals surface area contributed by atoms with Gasteiger partial charge >= 0.3 is 0 Å². The number of hydrogen-bond donors (Lipinski definition) is 1. The molecule has 1 rings (SSSR count). The van der Waals surface area contributed by atoms with E-state index < -0.39 is 4.92 Å². The number of likely N-dealkylation sites (N-methyl/N-ethyl adjacent to an activating group) is 1. The third-order valence-corrected chi connectivity index (χ3v) is 3.42. The molecule has 1 N–H and O–H groups in total. The van der Waals surface area contributed by atoms with E-state index in [2.05, 4.69) is 5.32 Å². The molecule has 132 valence electrons. The number of carbonyl (C=O) groups excluding carboxylic acids is 2. The van der Waals surface area contributed by atoms with Crippen LogP contribution >= 0.6 is 0 Å². The minimum atomic E-state index is -0.511. The van der Waals surface area contributed by atoms with E-state index in [0.717, 1.165) is 0 Å². The van der Waals surface area contributed by atoms with Gasteiger partial charge in [0.25, 0.3) is 5.69 Å². The number of hydrogen-bond acceptors (Lipinski definition) is 6. The minimum Gasteiger partial charge on any atom is -0.493 e. The molecule has 0 aliphatic heterocycles.